The first kappa shape index (κ1) is 22.0. The van der Waals surface area contributed by atoms with E-state index in [0.717, 1.165) is 34.4 Å². The Balaban J connectivity index is 1.56. The lowest BCUT2D eigenvalue weighted by Crippen LogP contribution is -2.70. The molecule has 3 heterocycles. The van der Waals surface area contributed by atoms with Crippen LogP contribution in [0.5, 0.6) is 0 Å². The summed E-state index contributed by atoms with van der Waals surface area (Å²) < 4.78 is 0. The topological polar surface area (TPSA) is 94.6 Å². The summed E-state index contributed by atoms with van der Waals surface area (Å²) in [5.74, 6) is -0.515. The first-order valence-electron chi connectivity index (χ1n) is 11.0. The highest BCUT2D eigenvalue weighted by molar-refractivity contribution is 6.03. The van der Waals surface area contributed by atoms with Crippen molar-refractivity contribution in [2.45, 2.75) is 52.2 Å². The van der Waals surface area contributed by atoms with Gasteiger partial charge in [0.1, 0.15) is 12.6 Å². The molecule has 2 unspecified atom stereocenters. The predicted molar refractivity (Wildman–Crippen MR) is 121 cm³/mol. The zero-order valence-corrected chi connectivity index (χ0v) is 18.7. The second-order valence-corrected chi connectivity index (χ2v) is 8.66. The van der Waals surface area contributed by atoms with Crippen LogP contribution in [0.4, 0.5) is 10.5 Å². The van der Waals surface area contributed by atoms with Gasteiger partial charge in [-0.25, -0.2) is 4.79 Å². The van der Waals surface area contributed by atoms with Gasteiger partial charge in [-0.15, -0.1) is 0 Å². The molecule has 0 radical (unpaired) electrons. The number of carbonyl (C=O) groups excluding carboxylic acids is 3. The fourth-order valence-corrected chi connectivity index (χ4v) is 4.73. The number of piperidine rings is 1. The molecule has 2 aliphatic rings. The third-order valence-corrected chi connectivity index (χ3v) is 6.15. The number of amides is 4. The number of urea groups is 1. The average Bonchev–Trinajstić information content (AvgIpc) is 2.77. The quantitative estimate of drug-likeness (QED) is 0.753. The summed E-state index contributed by atoms with van der Waals surface area (Å²) in [7, 11) is 0. The summed E-state index contributed by atoms with van der Waals surface area (Å²) in [5.41, 5.74) is 4.62. The van der Waals surface area contributed by atoms with Crippen molar-refractivity contribution in [3.63, 3.8) is 0 Å². The van der Waals surface area contributed by atoms with E-state index >= 15 is 0 Å². The van der Waals surface area contributed by atoms with E-state index in [2.05, 4.69) is 15.6 Å². The van der Waals surface area contributed by atoms with Crippen molar-refractivity contribution in [3.05, 3.63) is 58.9 Å². The lowest BCUT2D eigenvalue weighted by atomic mass is 9.93. The van der Waals surface area contributed by atoms with Gasteiger partial charge in [0, 0.05) is 18.1 Å². The molecule has 2 aromatic rings. The van der Waals surface area contributed by atoms with Crippen LogP contribution in [0.1, 0.15) is 35.1 Å². The summed E-state index contributed by atoms with van der Waals surface area (Å²) >= 11 is 0. The Bertz CT molecular complexity index is 1020. The van der Waals surface area contributed by atoms with E-state index < -0.39 is 12.1 Å². The maximum atomic E-state index is 13.4. The van der Waals surface area contributed by atoms with Gasteiger partial charge in [0.25, 0.3) is 0 Å². The van der Waals surface area contributed by atoms with Crippen molar-refractivity contribution in [1.29, 1.82) is 0 Å². The molecule has 2 saturated heterocycles. The van der Waals surface area contributed by atoms with Crippen LogP contribution in [0.2, 0.25) is 0 Å². The molecule has 168 valence electrons. The third-order valence-electron chi connectivity index (χ3n) is 6.15. The maximum Gasteiger partial charge on any atom is 0.327 e. The highest BCUT2D eigenvalue weighted by atomic mass is 16.2. The zero-order valence-electron chi connectivity index (χ0n) is 18.7. The van der Waals surface area contributed by atoms with Crippen molar-refractivity contribution in [3.8, 4) is 0 Å². The molecule has 2 atom stereocenters. The van der Waals surface area contributed by atoms with E-state index in [1.807, 2.05) is 39.0 Å². The standard InChI is InChI=1S/C24H29N5O3/c1-15-10-16(2)21(17(3)11-15)27-20(30)14-28-19-7-5-9-26-22(19)23(31)29(24(28)32)13-18-6-4-8-25-12-18/h4,6,8,10-12,19,22,26H,5,7,9,13-14H2,1-3H3,(H,27,30). The Morgan fingerprint density at radius 1 is 1.22 bits per heavy atom. The van der Waals surface area contributed by atoms with Crippen LogP contribution >= 0.6 is 0 Å². The van der Waals surface area contributed by atoms with Crippen LogP contribution in [0.25, 0.3) is 0 Å². The minimum atomic E-state index is -0.506. The van der Waals surface area contributed by atoms with Crippen LogP contribution in [0, 0.1) is 20.8 Å². The van der Waals surface area contributed by atoms with E-state index in [9.17, 15) is 14.4 Å². The number of nitrogens with zero attached hydrogens (tertiary/aromatic N) is 3. The van der Waals surface area contributed by atoms with Gasteiger partial charge >= 0.3 is 6.03 Å². The van der Waals surface area contributed by atoms with Crippen LogP contribution < -0.4 is 10.6 Å². The molecule has 0 spiro atoms. The molecule has 8 nitrogen and oxygen atoms in total. The van der Waals surface area contributed by atoms with Gasteiger partial charge in [0.05, 0.1) is 12.6 Å². The van der Waals surface area contributed by atoms with Crippen molar-refractivity contribution in [2.75, 3.05) is 18.4 Å². The van der Waals surface area contributed by atoms with Gasteiger partial charge in [-0.2, -0.15) is 0 Å². The molecular formula is C24H29N5O3. The minimum absolute atomic E-state index is 0.106. The number of imide groups is 1. The lowest BCUT2D eigenvalue weighted by molar-refractivity contribution is -0.138. The number of hydrogen-bond acceptors (Lipinski definition) is 5. The number of rotatable bonds is 5. The van der Waals surface area contributed by atoms with Crippen molar-refractivity contribution in [1.82, 2.24) is 20.1 Å². The normalized spacial score (nSPS) is 20.8. The molecule has 0 bridgehead atoms. The number of aryl methyl sites for hydroxylation is 3. The highest BCUT2D eigenvalue weighted by Gasteiger charge is 2.47. The van der Waals surface area contributed by atoms with Crippen molar-refractivity contribution in [2.24, 2.45) is 0 Å². The maximum absolute atomic E-state index is 13.4. The van der Waals surface area contributed by atoms with E-state index in [0.29, 0.717) is 13.0 Å². The van der Waals surface area contributed by atoms with Crippen molar-refractivity contribution < 1.29 is 14.4 Å². The number of benzene rings is 1. The van der Waals surface area contributed by atoms with Gasteiger partial charge in [0.15, 0.2) is 0 Å². The highest BCUT2D eigenvalue weighted by Crippen LogP contribution is 2.27. The van der Waals surface area contributed by atoms with E-state index in [1.54, 1.807) is 23.4 Å². The summed E-state index contributed by atoms with van der Waals surface area (Å²) in [5, 5.41) is 6.23. The second-order valence-electron chi connectivity index (χ2n) is 8.66. The number of nitrogens with one attached hydrogen (secondary N) is 2. The molecule has 0 saturated carbocycles. The smallest absolute Gasteiger partial charge is 0.324 e. The Labute approximate surface area is 188 Å². The molecule has 2 aliphatic heterocycles. The number of anilines is 1. The minimum Gasteiger partial charge on any atom is -0.324 e. The summed E-state index contributed by atoms with van der Waals surface area (Å²) in [6, 6.07) is 6.36. The Hall–Kier alpha value is -3.26. The van der Waals surface area contributed by atoms with Crippen LogP contribution in [-0.2, 0) is 16.1 Å². The molecule has 8 heteroatoms. The van der Waals surface area contributed by atoms with Crippen molar-refractivity contribution >= 4 is 23.5 Å². The molecule has 2 N–H and O–H groups in total. The van der Waals surface area contributed by atoms with Gasteiger partial charge in [-0.3, -0.25) is 19.5 Å². The summed E-state index contributed by atoms with van der Waals surface area (Å²) in [6.45, 7) is 6.66. The summed E-state index contributed by atoms with van der Waals surface area (Å²) in [4.78, 5) is 46.3. The Kier molecular flexibility index (Phi) is 6.23. The number of carbonyl (C=O) groups is 3. The Morgan fingerprint density at radius 2 is 1.97 bits per heavy atom. The lowest BCUT2D eigenvalue weighted by Gasteiger charge is -2.46. The van der Waals surface area contributed by atoms with E-state index in [-0.39, 0.29) is 30.9 Å². The molecule has 4 rings (SSSR count). The molecular weight excluding hydrogens is 406 g/mol. The molecule has 4 amide bonds. The van der Waals surface area contributed by atoms with Crippen LogP contribution in [0.3, 0.4) is 0 Å². The van der Waals surface area contributed by atoms with E-state index in [1.165, 1.54) is 4.90 Å². The molecule has 1 aromatic heterocycles. The fourth-order valence-electron chi connectivity index (χ4n) is 4.73. The number of fused-ring (bicyclic) bond motifs is 1. The SMILES string of the molecule is Cc1cc(C)c(NC(=O)CN2C(=O)N(Cc3cccnc3)C(=O)C3NCCCC32)c(C)c1. The van der Waals surface area contributed by atoms with Crippen LogP contribution in [-0.4, -0.2) is 57.8 Å². The molecule has 32 heavy (non-hydrogen) atoms. The van der Waals surface area contributed by atoms with Crippen LogP contribution in [0.15, 0.2) is 36.7 Å². The fraction of sp³-hybridized carbons (Fsp3) is 0.417. The molecule has 2 fully saturated rings. The van der Waals surface area contributed by atoms with Gasteiger partial charge < -0.3 is 15.5 Å². The zero-order chi connectivity index (χ0) is 22.8. The number of pyridine rings is 1. The first-order chi connectivity index (χ1) is 15.3. The van der Waals surface area contributed by atoms with Gasteiger partial charge in [-0.05, 0) is 62.9 Å². The van der Waals surface area contributed by atoms with Gasteiger partial charge in [0.2, 0.25) is 11.8 Å². The predicted octanol–water partition coefficient (Wildman–Crippen LogP) is 2.53. The third kappa shape index (κ3) is 4.36. The number of aromatic nitrogens is 1. The summed E-state index contributed by atoms with van der Waals surface area (Å²) in [6.07, 6.45) is 4.82. The molecule has 1 aromatic carbocycles. The average molecular weight is 436 g/mol. The van der Waals surface area contributed by atoms with Gasteiger partial charge in [-0.1, -0.05) is 23.8 Å². The Morgan fingerprint density at radius 3 is 2.66 bits per heavy atom. The largest absolute Gasteiger partial charge is 0.327 e. The monoisotopic (exact) mass is 435 g/mol. The number of hydrogen-bond donors (Lipinski definition) is 2. The molecule has 0 aliphatic carbocycles. The first-order valence-corrected chi connectivity index (χ1v) is 11.0. The van der Waals surface area contributed by atoms with E-state index in [4.69, 9.17) is 0 Å². The second kappa shape index (κ2) is 9.08.